The lowest BCUT2D eigenvalue weighted by Gasteiger charge is -2.32. The average molecular weight is 287 g/mol. The summed E-state index contributed by atoms with van der Waals surface area (Å²) in [5.74, 6) is 1.59. The van der Waals surface area contributed by atoms with Gasteiger partial charge in [0, 0.05) is 37.4 Å². The third-order valence-electron chi connectivity index (χ3n) is 4.17. The first-order valence-corrected chi connectivity index (χ1v) is 7.46. The number of carbonyl (C=O) groups excluding carboxylic acids is 1. The summed E-state index contributed by atoms with van der Waals surface area (Å²) in [6, 6.07) is 2.01. The van der Waals surface area contributed by atoms with Crippen LogP contribution in [-0.4, -0.2) is 43.6 Å². The molecule has 1 N–H and O–H groups in total. The minimum Gasteiger partial charge on any atom is -0.341 e. The van der Waals surface area contributed by atoms with Gasteiger partial charge in [-0.3, -0.25) is 9.89 Å². The molecular formula is C15H21N5O. The summed E-state index contributed by atoms with van der Waals surface area (Å²) in [6.07, 6.45) is 8.59. The zero-order valence-corrected chi connectivity index (χ0v) is 12.3. The maximum atomic E-state index is 12.4. The van der Waals surface area contributed by atoms with E-state index in [2.05, 4.69) is 15.2 Å². The number of H-pyrrole nitrogens is 1. The van der Waals surface area contributed by atoms with Crippen molar-refractivity contribution in [1.82, 2.24) is 24.6 Å². The maximum Gasteiger partial charge on any atom is 0.242 e. The average Bonchev–Trinajstić information content (AvgIpc) is 3.12. The Morgan fingerprint density at radius 1 is 1.48 bits per heavy atom. The Morgan fingerprint density at radius 2 is 2.38 bits per heavy atom. The van der Waals surface area contributed by atoms with Gasteiger partial charge in [-0.2, -0.15) is 5.10 Å². The molecule has 1 fully saturated rings. The number of piperidine rings is 1. The molecule has 0 spiro atoms. The number of nitrogens with zero attached hydrogens (tertiary/aromatic N) is 4. The van der Waals surface area contributed by atoms with Gasteiger partial charge in [-0.25, -0.2) is 4.98 Å². The van der Waals surface area contributed by atoms with Crippen LogP contribution in [0.4, 0.5) is 0 Å². The van der Waals surface area contributed by atoms with Gasteiger partial charge in [0.1, 0.15) is 12.4 Å². The normalized spacial score (nSPS) is 18.9. The molecule has 3 heterocycles. The van der Waals surface area contributed by atoms with Crippen LogP contribution in [0.2, 0.25) is 0 Å². The first kappa shape index (κ1) is 13.9. The number of amides is 1. The molecule has 0 radical (unpaired) electrons. The minimum absolute atomic E-state index is 0.186. The fourth-order valence-electron chi connectivity index (χ4n) is 2.98. The van der Waals surface area contributed by atoms with Crippen molar-refractivity contribution in [2.75, 3.05) is 13.1 Å². The second-order valence-electron chi connectivity index (χ2n) is 5.74. The van der Waals surface area contributed by atoms with Crippen molar-refractivity contribution < 1.29 is 4.79 Å². The van der Waals surface area contributed by atoms with Crippen LogP contribution in [0.3, 0.4) is 0 Å². The van der Waals surface area contributed by atoms with Gasteiger partial charge in [0.2, 0.25) is 5.91 Å². The highest BCUT2D eigenvalue weighted by Gasteiger charge is 2.24. The first-order valence-electron chi connectivity index (χ1n) is 7.46. The quantitative estimate of drug-likeness (QED) is 0.924. The number of aromatic nitrogens is 4. The lowest BCUT2D eigenvalue weighted by molar-refractivity contribution is -0.133. The number of carbonyl (C=O) groups is 1. The summed E-state index contributed by atoms with van der Waals surface area (Å²) in [4.78, 5) is 18.6. The van der Waals surface area contributed by atoms with Crippen LogP contribution < -0.4 is 0 Å². The zero-order valence-electron chi connectivity index (χ0n) is 12.3. The van der Waals surface area contributed by atoms with Crippen LogP contribution >= 0.6 is 0 Å². The van der Waals surface area contributed by atoms with Crippen molar-refractivity contribution in [3.8, 4) is 0 Å². The summed E-state index contributed by atoms with van der Waals surface area (Å²) >= 11 is 0. The van der Waals surface area contributed by atoms with Gasteiger partial charge in [0.05, 0.1) is 0 Å². The lowest BCUT2D eigenvalue weighted by Crippen LogP contribution is -2.42. The van der Waals surface area contributed by atoms with Gasteiger partial charge in [0.25, 0.3) is 0 Å². The number of rotatable bonds is 4. The molecule has 112 valence electrons. The Balaban J connectivity index is 1.57. The third-order valence-corrected chi connectivity index (χ3v) is 4.17. The van der Waals surface area contributed by atoms with Gasteiger partial charge >= 0.3 is 0 Å². The molecule has 0 aromatic carbocycles. The fraction of sp³-hybridized carbons (Fsp3) is 0.533. The van der Waals surface area contributed by atoms with E-state index in [0.717, 1.165) is 37.4 Å². The number of hydrogen-bond donors (Lipinski definition) is 1. The van der Waals surface area contributed by atoms with E-state index in [9.17, 15) is 4.79 Å². The molecule has 21 heavy (non-hydrogen) atoms. The van der Waals surface area contributed by atoms with E-state index in [1.165, 1.54) is 6.42 Å². The van der Waals surface area contributed by atoms with Crippen molar-refractivity contribution in [2.45, 2.75) is 32.7 Å². The van der Waals surface area contributed by atoms with Crippen molar-refractivity contribution >= 4 is 5.91 Å². The SMILES string of the molecule is Cc1nccn1CC(=O)N1CCC[C@H](Cc2ccn[nH]2)C1. The van der Waals surface area contributed by atoms with Crippen LogP contribution in [0.5, 0.6) is 0 Å². The molecular weight excluding hydrogens is 266 g/mol. The van der Waals surface area contributed by atoms with E-state index in [0.29, 0.717) is 12.5 Å². The first-order chi connectivity index (χ1) is 10.2. The second-order valence-corrected chi connectivity index (χ2v) is 5.74. The summed E-state index contributed by atoms with van der Waals surface area (Å²) < 4.78 is 1.90. The number of aromatic amines is 1. The fourth-order valence-corrected chi connectivity index (χ4v) is 2.98. The Hall–Kier alpha value is -2.11. The van der Waals surface area contributed by atoms with Crippen molar-refractivity contribution in [3.63, 3.8) is 0 Å². The molecule has 6 nitrogen and oxygen atoms in total. The van der Waals surface area contributed by atoms with Crippen molar-refractivity contribution in [3.05, 3.63) is 36.2 Å². The minimum atomic E-state index is 0.186. The number of hydrogen-bond acceptors (Lipinski definition) is 3. The van der Waals surface area contributed by atoms with Gasteiger partial charge in [-0.15, -0.1) is 0 Å². The molecule has 0 aliphatic carbocycles. The molecule has 1 aliphatic heterocycles. The highest BCUT2D eigenvalue weighted by molar-refractivity contribution is 5.76. The van der Waals surface area contributed by atoms with Crippen molar-refractivity contribution in [2.24, 2.45) is 5.92 Å². The summed E-state index contributed by atoms with van der Waals surface area (Å²) in [5.41, 5.74) is 1.15. The van der Waals surface area contributed by atoms with E-state index in [1.54, 1.807) is 12.4 Å². The van der Waals surface area contributed by atoms with Gasteiger partial charge in [-0.05, 0) is 38.2 Å². The third kappa shape index (κ3) is 3.32. The molecule has 3 rings (SSSR count). The lowest BCUT2D eigenvalue weighted by atomic mass is 9.93. The topological polar surface area (TPSA) is 66.8 Å². The highest BCUT2D eigenvalue weighted by Crippen LogP contribution is 2.20. The number of likely N-dealkylation sites (tertiary alicyclic amines) is 1. The van der Waals surface area contributed by atoms with Crippen LogP contribution in [0.25, 0.3) is 0 Å². The maximum absolute atomic E-state index is 12.4. The van der Waals surface area contributed by atoms with Crippen LogP contribution in [0.1, 0.15) is 24.4 Å². The van der Waals surface area contributed by atoms with E-state index in [1.807, 2.05) is 28.7 Å². The summed E-state index contributed by atoms with van der Waals surface area (Å²) in [7, 11) is 0. The van der Waals surface area contributed by atoms with E-state index >= 15 is 0 Å². The number of aryl methyl sites for hydroxylation is 1. The Morgan fingerprint density at radius 3 is 3.10 bits per heavy atom. The Bertz CT molecular complexity index is 589. The highest BCUT2D eigenvalue weighted by atomic mass is 16.2. The standard InChI is InChI=1S/C15H21N5O/c1-12-16-6-8-19(12)11-15(21)20-7-2-3-13(10-20)9-14-4-5-17-18-14/h4-6,8,13H,2-3,7,9-11H2,1H3,(H,17,18)/t13-/m1/s1. The molecule has 1 aliphatic rings. The van der Waals surface area contributed by atoms with Crippen LogP contribution in [-0.2, 0) is 17.8 Å². The van der Waals surface area contributed by atoms with Gasteiger partial charge in [0.15, 0.2) is 0 Å². The number of nitrogens with one attached hydrogen (secondary N) is 1. The molecule has 1 atom stereocenters. The van der Waals surface area contributed by atoms with Crippen molar-refractivity contribution in [1.29, 1.82) is 0 Å². The molecule has 0 unspecified atom stereocenters. The van der Waals surface area contributed by atoms with Crippen LogP contribution in [0, 0.1) is 12.8 Å². The monoisotopic (exact) mass is 287 g/mol. The molecule has 6 heteroatoms. The molecule has 2 aromatic heterocycles. The Kier molecular flexibility index (Phi) is 4.03. The Labute approximate surface area is 124 Å². The predicted octanol–water partition coefficient (Wildman–Crippen LogP) is 1.40. The number of imidazole rings is 1. The zero-order chi connectivity index (χ0) is 14.7. The summed E-state index contributed by atoms with van der Waals surface area (Å²) in [6.45, 7) is 4.02. The summed E-state index contributed by atoms with van der Waals surface area (Å²) in [5, 5.41) is 6.99. The second kappa shape index (κ2) is 6.11. The molecule has 1 amide bonds. The van der Waals surface area contributed by atoms with Crippen LogP contribution in [0.15, 0.2) is 24.7 Å². The molecule has 0 saturated carbocycles. The van der Waals surface area contributed by atoms with E-state index in [-0.39, 0.29) is 5.91 Å². The largest absolute Gasteiger partial charge is 0.341 e. The van der Waals surface area contributed by atoms with E-state index in [4.69, 9.17) is 0 Å². The molecule has 1 saturated heterocycles. The van der Waals surface area contributed by atoms with Gasteiger partial charge < -0.3 is 9.47 Å². The molecule has 2 aromatic rings. The van der Waals surface area contributed by atoms with E-state index < -0.39 is 0 Å². The predicted molar refractivity (Wildman–Crippen MR) is 78.6 cm³/mol. The smallest absolute Gasteiger partial charge is 0.242 e. The van der Waals surface area contributed by atoms with Gasteiger partial charge in [-0.1, -0.05) is 0 Å². The molecule has 0 bridgehead atoms.